The minimum atomic E-state index is -4.37. The first-order valence-electron chi connectivity index (χ1n) is 14.2. The summed E-state index contributed by atoms with van der Waals surface area (Å²) < 4.78 is 45.0. The van der Waals surface area contributed by atoms with E-state index in [9.17, 15) is 18.0 Å². The van der Waals surface area contributed by atoms with Crippen LogP contribution in [-0.2, 0) is 20.2 Å². The van der Waals surface area contributed by atoms with Crippen LogP contribution in [-0.4, -0.2) is 48.1 Å². The highest BCUT2D eigenvalue weighted by Gasteiger charge is 2.31. The van der Waals surface area contributed by atoms with Crippen molar-refractivity contribution in [3.63, 3.8) is 0 Å². The first-order chi connectivity index (χ1) is 21.8. The Kier molecular flexibility index (Phi) is 10.5. The zero-order valence-electron chi connectivity index (χ0n) is 26.4. The summed E-state index contributed by atoms with van der Waals surface area (Å²) in [4.78, 5) is 26.2. The number of benzene rings is 4. The van der Waals surface area contributed by atoms with Gasteiger partial charge in [-0.2, -0.15) is 0 Å². The molecule has 0 aliphatic rings. The third-order valence-electron chi connectivity index (χ3n) is 7.06. The van der Waals surface area contributed by atoms with E-state index in [1.165, 1.54) is 51.7 Å². The molecule has 0 spiro atoms. The molecule has 46 heavy (non-hydrogen) atoms. The van der Waals surface area contributed by atoms with Crippen LogP contribution in [0.5, 0.6) is 17.2 Å². The van der Waals surface area contributed by atoms with Crippen molar-refractivity contribution in [3.8, 4) is 17.2 Å². The van der Waals surface area contributed by atoms with Crippen molar-refractivity contribution in [1.82, 2.24) is 0 Å². The maximum absolute atomic E-state index is 14.1. The van der Waals surface area contributed by atoms with Gasteiger partial charge < -0.3 is 24.8 Å². The molecule has 0 saturated carbocycles. The second kappa shape index (κ2) is 14.1. The molecule has 0 aliphatic heterocycles. The fourth-order valence-corrected chi connectivity index (χ4v) is 6.20. The predicted octanol–water partition coefficient (Wildman–Crippen LogP) is 6.75. The van der Waals surface area contributed by atoms with Crippen LogP contribution in [0.15, 0.2) is 89.8 Å². The number of carbonyl (C=O) groups is 2. The van der Waals surface area contributed by atoms with Gasteiger partial charge in [-0.1, -0.05) is 50.6 Å². The maximum Gasteiger partial charge on any atom is 0.265 e. The van der Waals surface area contributed by atoms with Crippen LogP contribution in [0.1, 0.15) is 36.7 Å². The average molecular weight is 666 g/mol. The number of hydrogen-bond donors (Lipinski definition) is 2. The predicted molar refractivity (Wildman–Crippen MR) is 180 cm³/mol. The van der Waals surface area contributed by atoms with Gasteiger partial charge in [-0.3, -0.25) is 13.9 Å². The van der Waals surface area contributed by atoms with Crippen molar-refractivity contribution in [1.29, 1.82) is 0 Å². The van der Waals surface area contributed by atoms with E-state index in [1.807, 2.05) is 12.1 Å². The van der Waals surface area contributed by atoms with Gasteiger partial charge in [0.25, 0.3) is 15.9 Å². The van der Waals surface area contributed by atoms with E-state index in [0.29, 0.717) is 22.7 Å². The van der Waals surface area contributed by atoms with Gasteiger partial charge in [0.05, 0.1) is 31.9 Å². The van der Waals surface area contributed by atoms with Crippen LogP contribution in [0.25, 0.3) is 0 Å². The summed E-state index contributed by atoms with van der Waals surface area (Å²) in [7, 11) is -0.170. The van der Waals surface area contributed by atoms with Crippen LogP contribution in [0.2, 0.25) is 5.02 Å². The van der Waals surface area contributed by atoms with Crippen molar-refractivity contribution in [2.75, 3.05) is 42.8 Å². The van der Waals surface area contributed by atoms with Gasteiger partial charge in [0.15, 0.2) is 11.5 Å². The standard InChI is InChI=1S/C34H36ClN3O7S/c1-34(2,3)23-12-10-22(11-13-23)33(40)37-26-9-7-8-25(19-26)36-32(39)21-38(28-18-24(35)14-16-29(28)43-4)46(41,42)27-15-17-30(44-5)31(20-27)45-6/h7-20H,21H2,1-6H3,(H,36,39)(H,37,40). The summed E-state index contributed by atoms with van der Waals surface area (Å²) in [5, 5.41) is 5.79. The molecular weight excluding hydrogens is 630 g/mol. The molecule has 242 valence electrons. The highest BCUT2D eigenvalue weighted by Crippen LogP contribution is 2.37. The Hall–Kier alpha value is -4.74. The van der Waals surface area contributed by atoms with Gasteiger partial charge in [-0.15, -0.1) is 0 Å². The topological polar surface area (TPSA) is 123 Å². The molecule has 2 N–H and O–H groups in total. The van der Waals surface area contributed by atoms with Gasteiger partial charge in [-0.25, -0.2) is 8.42 Å². The molecule has 0 fully saturated rings. The van der Waals surface area contributed by atoms with E-state index < -0.39 is 22.5 Å². The zero-order chi connectivity index (χ0) is 33.6. The quantitative estimate of drug-likeness (QED) is 0.182. The number of rotatable bonds is 11. The second-order valence-corrected chi connectivity index (χ2v) is 13.6. The van der Waals surface area contributed by atoms with Crippen LogP contribution < -0.4 is 29.1 Å². The molecule has 0 bridgehead atoms. The number of nitrogens with zero attached hydrogens (tertiary/aromatic N) is 1. The van der Waals surface area contributed by atoms with Crippen molar-refractivity contribution < 1.29 is 32.2 Å². The Balaban J connectivity index is 1.60. The molecule has 0 radical (unpaired) electrons. The number of hydrogen-bond acceptors (Lipinski definition) is 7. The molecule has 0 heterocycles. The van der Waals surface area contributed by atoms with E-state index in [4.69, 9.17) is 25.8 Å². The molecular formula is C34H36ClN3O7S. The highest BCUT2D eigenvalue weighted by molar-refractivity contribution is 7.92. The Bertz CT molecular complexity index is 1840. The van der Waals surface area contributed by atoms with E-state index in [0.717, 1.165) is 9.87 Å². The summed E-state index contributed by atoms with van der Waals surface area (Å²) >= 11 is 6.25. The number of methoxy groups -OCH3 is 3. The molecule has 4 aromatic carbocycles. The van der Waals surface area contributed by atoms with E-state index in [1.54, 1.807) is 42.5 Å². The van der Waals surface area contributed by atoms with Gasteiger partial charge in [-0.05, 0) is 71.6 Å². The fraction of sp³-hybridized carbons (Fsp3) is 0.235. The zero-order valence-corrected chi connectivity index (χ0v) is 28.0. The number of sulfonamides is 1. The monoisotopic (exact) mass is 665 g/mol. The first kappa shape index (κ1) is 34.1. The third kappa shape index (κ3) is 7.91. The fourth-order valence-electron chi connectivity index (χ4n) is 4.59. The molecule has 0 aromatic heterocycles. The average Bonchev–Trinajstić information content (AvgIpc) is 3.03. The number of ether oxygens (including phenoxy) is 3. The lowest BCUT2D eigenvalue weighted by Crippen LogP contribution is -2.38. The Morgan fingerprint density at radius 2 is 1.37 bits per heavy atom. The van der Waals surface area contributed by atoms with Crippen molar-refractivity contribution in [3.05, 3.63) is 101 Å². The lowest BCUT2D eigenvalue weighted by Gasteiger charge is -2.26. The summed E-state index contributed by atoms with van der Waals surface area (Å²) in [5.74, 6) is -0.270. The van der Waals surface area contributed by atoms with Crippen LogP contribution >= 0.6 is 11.6 Å². The van der Waals surface area contributed by atoms with Gasteiger partial charge in [0.2, 0.25) is 5.91 Å². The minimum Gasteiger partial charge on any atom is -0.495 e. The molecule has 2 amide bonds. The van der Waals surface area contributed by atoms with Gasteiger partial charge >= 0.3 is 0 Å². The normalized spacial score (nSPS) is 11.4. The van der Waals surface area contributed by atoms with Crippen LogP contribution in [0.3, 0.4) is 0 Å². The Labute approximate surface area is 274 Å². The lowest BCUT2D eigenvalue weighted by molar-refractivity contribution is -0.114. The van der Waals surface area contributed by atoms with Gasteiger partial charge in [0, 0.05) is 28.0 Å². The van der Waals surface area contributed by atoms with E-state index in [2.05, 4.69) is 31.4 Å². The smallest absolute Gasteiger partial charge is 0.265 e. The molecule has 12 heteroatoms. The van der Waals surface area contributed by atoms with E-state index >= 15 is 0 Å². The minimum absolute atomic E-state index is 0.0458. The SMILES string of the molecule is COc1ccc(S(=O)(=O)N(CC(=O)Nc2cccc(NC(=O)c3ccc(C(C)(C)C)cc3)c2)c2cc(Cl)ccc2OC)cc1OC. The number of anilines is 3. The largest absolute Gasteiger partial charge is 0.495 e. The Morgan fingerprint density at radius 3 is 1.98 bits per heavy atom. The van der Waals surface area contributed by atoms with Crippen LogP contribution in [0.4, 0.5) is 17.1 Å². The molecule has 4 aromatic rings. The molecule has 0 atom stereocenters. The lowest BCUT2D eigenvalue weighted by atomic mass is 9.87. The second-order valence-electron chi connectivity index (χ2n) is 11.3. The number of nitrogens with one attached hydrogen (secondary N) is 2. The third-order valence-corrected chi connectivity index (χ3v) is 9.05. The number of amides is 2. The van der Waals surface area contributed by atoms with Gasteiger partial charge in [0.1, 0.15) is 12.3 Å². The summed E-state index contributed by atoms with van der Waals surface area (Å²) in [5.41, 5.74) is 2.37. The highest BCUT2D eigenvalue weighted by atomic mass is 35.5. The van der Waals surface area contributed by atoms with Crippen LogP contribution in [0, 0.1) is 0 Å². The summed E-state index contributed by atoms with van der Waals surface area (Å²) in [6.45, 7) is 5.65. The molecule has 10 nitrogen and oxygen atoms in total. The summed E-state index contributed by atoms with van der Waals surface area (Å²) in [6.07, 6.45) is 0. The number of carbonyl (C=O) groups excluding carboxylic acids is 2. The van der Waals surface area contributed by atoms with E-state index in [-0.39, 0.29) is 38.4 Å². The van der Waals surface area contributed by atoms with Crippen molar-refractivity contribution in [2.24, 2.45) is 0 Å². The molecule has 0 aliphatic carbocycles. The molecule has 0 saturated heterocycles. The summed E-state index contributed by atoms with van der Waals surface area (Å²) in [6, 6.07) is 22.5. The van der Waals surface area contributed by atoms with Crippen molar-refractivity contribution in [2.45, 2.75) is 31.1 Å². The first-order valence-corrected chi connectivity index (χ1v) is 16.0. The Morgan fingerprint density at radius 1 is 0.761 bits per heavy atom. The maximum atomic E-state index is 14.1. The molecule has 4 rings (SSSR count). The molecule has 0 unspecified atom stereocenters. The van der Waals surface area contributed by atoms with Crippen molar-refractivity contribution >= 4 is 50.5 Å². The number of halogens is 1.